The molecule has 2 heterocycles. The van der Waals surface area contributed by atoms with Crippen molar-refractivity contribution in [1.82, 2.24) is 10.2 Å². The molecule has 2 bridgehead atoms. The van der Waals surface area contributed by atoms with E-state index in [2.05, 4.69) is 17.3 Å². The van der Waals surface area contributed by atoms with E-state index in [1.54, 1.807) is 12.1 Å². The summed E-state index contributed by atoms with van der Waals surface area (Å²) >= 11 is 0. The average Bonchev–Trinajstić information content (AvgIpc) is 2.87. The van der Waals surface area contributed by atoms with E-state index in [0.29, 0.717) is 35.7 Å². The number of carbonyl (C=O) groups is 2. The first-order valence-corrected chi connectivity index (χ1v) is 8.99. The molecule has 0 aliphatic carbocycles. The zero-order chi connectivity index (χ0) is 19.8. The van der Waals surface area contributed by atoms with Gasteiger partial charge in [0.05, 0.1) is 21.3 Å². The first-order valence-electron chi connectivity index (χ1n) is 8.99. The van der Waals surface area contributed by atoms with Gasteiger partial charge in [-0.1, -0.05) is 0 Å². The Kier molecular flexibility index (Phi) is 5.19. The van der Waals surface area contributed by atoms with Gasteiger partial charge in [-0.15, -0.1) is 0 Å². The fourth-order valence-electron chi connectivity index (χ4n) is 4.34. The predicted molar refractivity (Wildman–Crippen MR) is 99.3 cm³/mol. The van der Waals surface area contributed by atoms with E-state index in [1.165, 1.54) is 21.3 Å². The number of nitrogens with zero attached hydrogens (tertiary/aromatic N) is 1. The number of ether oxygens (including phenoxy) is 3. The predicted octanol–water partition coefficient (Wildman–Crippen LogP) is 0.923. The minimum atomic E-state index is -1.05. The molecule has 1 aromatic carbocycles. The van der Waals surface area contributed by atoms with Crippen LogP contribution < -0.4 is 25.3 Å². The lowest BCUT2D eigenvalue weighted by atomic mass is 9.82. The number of hydrogen-bond acceptors (Lipinski definition) is 6. The number of piperidine rings is 1. The molecule has 2 aliphatic rings. The maximum Gasteiger partial charge on any atom is 0.252 e. The van der Waals surface area contributed by atoms with Crippen molar-refractivity contribution in [1.29, 1.82) is 0 Å². The normalized spacial score (nSPS) is 27.1. The van der Waals surface area contributed by atoms with Gasteiger partial charge < -0.3 is 30.2 Å². The van der Waals surface area contributed by atoms with Crippen LogP contribution in [0, 0.1) is 0 Å². The zero-order valence-electron chi connectivity index (χ0n) is 16.2. The molecule has 2 fully saturated rings. The Hall–Kier alpha value is -2.48. The van der Waals surface area contributed by atoms with Gasteiger partial charge in [-0.3, -0.25) is 9.59 Å². The van der Waals surface area contributed by atoms with E-state index in [4.69, 9.17) is 19.9 Å². The van der Waals surface area contributed by atoms with E-state index in [9.17, 15) is 9.59 Å². The molecule has 8 heteroatoms. The summed E-state index contributed by atoms with van der Waals surface area (Å²) in [4.78, 5) is 27.6. The quantitative estimate of drug-likeness (QED) is 0.764. The van der Waals surface area contributed by atoms with Crippen molar-refractivity contribution in [3.63, 3.8) is 0 Å². The molecule has 0 spiro atoms. The fraction of sp³-hybridized carbons (Fsp3) is 0.579. The van der Waals surface area contributed by atoms with Crippen LogP contribution in [0.1, 0.15) is 36.0 Å². The summed E-state index contributed by atoms with van der Waals surface area (Å²) in [6.07, 6.45) is 3.06. The van der Waals surface area contributed by atoms with Gasteiger partial charge in [0.1, 0.15) is 5.54 Å². The Morgan fingerprint density at radius 2 is 1.59 bits per heavy atom. The first kappa shape index (κ1) is 19.3. The molecule has 27 heavy (non-hydrogen) atoms. The molecule has 1 aromatic rings. The summed E-state index contributed by atoms with van der Waals surface area (Å²) in [7, 11) is 6.53. The van der Waals surface area contributed by atoms with Gasteiger partial charge in [0.15, 0.2) is 11.5 Å². The number of rotatable bonds is 6. The molecule has 3 rings (SSSR count). The van der Waals surface area contributed by atoms with Gasteiger partial charge in [-0.2, -0.15) is 0 Å². The Balaban J connectivity index is 1.90. The fourth-order valence-corrected chi connectivity index (χ4v) is 4.34. The van der Waals surface area contributed by atoms with Gasteiger partial charge in [0, 0.05) is 17.6 Å². The smallest absolute Gasteiger partial charge is 0.252 e. The molecule has 0 saturated carbocycles. The molecular weight excluding hydrogens is 350 g/mol. The minimum Gasteiger partial charge on any atom is -0.493 e. The van der Waals surface area contributed by atoms with Gasteiger partial charge in [0.25, 0.3) is 5.91 Å². The third kappa shape index (κ3) is 3.29. The van der Waals surface area contributed by atoms with Crippen molar-refractivity contribution < 1.29 is 23.8 Å². The van der Waals surface area contributed by atoms with E-state index < -0.39 is 17.4 Å². The second kappa shape index (κ2) is 7.26. The summed E-state index contributed by atoms with van der Waals surface area (Å²) in [5, 5.41) is 2.92. The standard InChI is InChI=1S/C19H27N3O5/c1-22-12-5-6-13(22)10-19(9-12,18(20)24)21-17(23)11-7-14(25-2)16(27-4)15(8-11)26-3/h7-8,12-13H,5-6,9-10H2,1-4H3,(H2,20,24)(H,21,23)/t12-,13+,19?. The van der Waals surface area contributed by atoms with Crippen molar-refractivity contribution in [2.24, 2.45) is 5.73 Å². The number of fused-ring (bicyclic) bond motifs is 2. The lowest BCUT2D eigenvalue weighted by Gasteiger charge is -2.43. The number of carbonyl (C=O) groups excluding carboxylic acids is 2. The number of primary amides is 1. The molecule has 2 aliphatic heterocycles. The van der Waals surface area contributed by atoms with Gasteiger partial charge in [0.2, 0.25) is 11.7 Å². The topological polar surface area (TPSA) is 103 Å². The lowest BCUT2D eigenvalue weighted by molar-refractivity contribution is -0.127. The molecule has 0 aromatic heterocycles. The van der Waals surface area contributed by atoms with E-state index in [1.807, 2.05) is 0 Å². The zero-order valence-corrected chi connectivity index (χ0v) is 16.2. The number of amides is 2. The summed E-state index contributed by atoms with van der Waals surface area (Å²) < 4.78 is 15.9. The summed E-state index contributed by atoms with van der Waals surface area (Å²) in [5.74, 6) is 0.265. The molecular formula is C19H27N3O5. The number of benzene rings is 1. The second-order valence-corrected chi connectivity index (χ2v) is 7.27. The number of nitrogens with one attached hydrogen (secondary N) is 1. The lowest BCUT2D eigenvalue weighted by Crippen LogP contribution is -2.64. The Bertz CT molecular complexity index is 712. The van der Waals surface area contributed by atoms with Crippen LogP contribution in [0.4, 0.5) is 0 Å². The van der Waals surface area contributed by atoms with Crippen LogP contribution in [0.3, 0.4) is 0 Å². The minimum absolute atomic E-state index is 0.247. The van der Waals surface area contributed by atoms with E-state index in [0.717, 1.165) is 12.8 Å². The monoisotopic (exact) mass is 377 g/mol. The molecule has 0 radical (unpaired) electrons. The highest BCUT2D eigenvalue weighted by Crippen LogP contribution is 2.41. The van der Waals surface area contributed by atoms with Crippen LogP contribution in [-0.4, -0.2) is 62.7 Å². The average molecular weight is 377 g/mol. The molecule has 2 amide bonds. The number of methoxy groups -OCH3 is 3. The van der Waals surface area contributed by atoms with Crippen LogP contribution in [0.5, 0.6) is 17.2 Å². The van der Waals surface area contributed by atoms with Crippen molar-refractivity contribution in [3.05, 3.63) is 17.7 Å². The SMILES string of the molecule is COc1cc(C(=O)NC2(C(N)=O)C[C@H]3CC[C@@H](C2)N3C)cc(OC)c1OC. The first-order chi connectivity index (χ1) is 12.8. The van der Waals surface area contributed by atoms with Crippen molar-refractivity contribution >= 4 is 11.8 Å². The Labute approximate surface area is 158 Å². The summed E-state index contributed by atoms with van der Waals surface area (Å²) in [5.41, 5.74) is 5.01. The summed E-state index contributed by atoms with van der Waals surface area (Å²) in [6.45, 7) is 0. The number of nitrogens with two attached hydrogens (primary N) is 1. The Morgan fingerprint density at radius 3 is 2.00 bits per heavy atom. The van der Waals surface area contributed by atoms with E-state index >= 15 is 0 Å². The second-order valence-electron chi connectivity index (χ2n) is 7.27. The molecule has 1 unspecified atom stereocenters. The van der Waals surface area contributed by atoms with Crippen LogP contribution in [0.25, 0.3) is 0 Å². The highest BCUT2D eigenvalue weighted by molar-refractivity contribution is 6.00. The maximum absolute atomic E-state index is 13.0. The molecule has 2 saturated heterocycles. The molecule has 8 nitrogen and oxygen atoms in total. The molecule has 3 N–H and O–H groups in total. The van der Waals surface area contributed by atoms with Crippen LogP contribution in [-0.2, 0) is 4.79 Å². The molecule has 148 valence electrons. The summed E-state index contributed by atoms with van der Waals surface area (Å²) in [6, 6.07) is 3.62. The van der Waals surface area contributed by atoms with Crippen LogP contribution in [0.2, 0.25) is 0 Å². The van der Waals surface area contributed by atoms with Crippen LogP contribution in [0.15, 0.2) is 12.1 Å². The number of hydrogen-bond donors (Lipinski definition) is 2. The Morgan fingerprint density at radius 1 is 1.07 bits per heavy atom. The van der Waals surface area contributed by atoms with E-state index in [-0.39, 0.29) is 12.1 Å². The third-order valence-electron chi connectivity index (χ3n) is 5.90. The maximum atomic E-state index is 13.0. The van der Waals surface area contributed by atoms with Crippen molar-refractivity contribution in [2.75, 3.05) is 28.4 Å². The molecule has 3 atom stereocenters. The highest BCUT2D eigenvalue weighted by atomic mass is 16.5. The largest absolute Gasteiger partial charge is 0.493 e. The highest BCUT2D eigenvalue weighted by Gasteiger charge is 2.51. The van der Waals surface area contributed by atoms with Crippen LogP contribution >= 0.6 is 0 Å². The van der Waals surface area contributed by atoms with Gasteiger partial charge in [-0.05, 0) is 44.9 Å². The van der Waals surface area contributed by atoms with Crippen molar-refractivity contribution in [2.45, 2.75) is 43.3 Å². The van der Waals surface area contributed by atoms with Crippen molar-refractivity contribution in [3.8, 4) is 17.2 Å². The van der Waals surface area contributed by atoms with Gasteiger partial charge >= 0.3 is 0 Å². The third-order valence-corrected chi connectivity index (χ3v) is 5.90. The van der Waals surface area contributed by atoms with Gasteiger partial charge in [-0.25, -0.2) is 0 Å².